The van der Waals surface area contributed by atoms with Gasteiger partial charge < -0.3 is 0 Å². The number of aliphatic imine (C=N–C) groups is 2. The van der Waals surface area contributed by atoms with E-state index in [1.54, 1.807) is 0 Å². The fourth-order valence-corrected chi connectivity index (χ4v) is 1.37. The molecule has 0 aromatic rings. The van der Waals surface area contributed by atoms with Gasteiger partial charge in [-0.1, -0.05) is 7.43 Å². The minimum absolute atomic E-state index is 0. The molecular formula is C11H22N2. The zero-order chi connectivity index (χ0) is 8.81. The molecule has 0 N–H and O–H groups in total. The second-order valence-corrected chi connectivity index (χ2v) is 3.44. The first-order chi connectivity index (χ1) is 5.79. The summed E-state index contributed by atoms with van der Waals surface area (Å²) >= 11 is 0. The van der Waals surface area contributed by atoms with Gasteiger partial charge >= 0.3 is 0 Å². The van der Waals surface area contributed by atoms with Crippen molar-refractivity contribution in [1.82, 2.24) is 0 Å². The Bertz CT molecular complexity index is 170. The van der Waals surface area contributed by atoms with Gasteiger partial charge in [0.05, 0.1) is 0 Å². The van der Waals surface area contributed by atoms with Crippen LogP contribution in [-0.2, 0) is 0 Å². The standard InChI is InChI=1S/2C5H9N.CH4/c2*1-5-3-2-4-6-5;/h2*2-4H2,1H3;1H4. The van der Waals surface area contributed by atoms with Crippen molar-refractivity contribution in [1.29, 1.82) is 0 Å². The molecule has 0 saturated heterocycles. The summed E-state index contributed by atoms with van der Waals surface area (Å²) < 4.78 is 0. The van der Waals surface area contributed by atoms with Gasteiger partial charge in [0.25, 0.3) is 0 Å². The van der Waals surface area contributed by atoms with Crippen LogP contribution in [0.15, 0.2) is 9.98 Å². The van der Waals surface area contributed by atoms with Crippen LogP contribution in [0.1, 0.15) is 47.0 Å². The molecule has 0 aromatic carbocycles. The van der Waals surface area contributed by atoms with E-state index in [4.69, 9.17) is 0 Å². The highest BCUT2D eigenvalue weighted by molar-refractivity contribution is 5.83. The quantitative estimate of drug-likeness (QED) is 0.550. The maximum atomic E-state index is 4.15. The van der Waals surface area contributed by atoms with E-state index in [1.807, 2.05) is 0 Å². The lowest BCUT2D eigenvalue weighted by Crippen LogP contribution is -1.77. The molecule has 0 spiro atoms. The average molecular weight is 182 g/mol. The maximum Gasteiger partial charge on any atom is 0.0392 e. The van der Waals surface area contributed by atoms with Gasteiger partial charge in [-0.3, -0.25) is 9.98 Å². The molecule has 0 amide bonds. The van der Waals surface area contributed by atoms with Gasteiger partial charge in [-0.25, -0.2) is 0 Å². The van der Waals surface area contributed by atoms with Crippen molar-refractivity contribution in [3.63, 3.8) is 0 Å². The Labute approximate surface area is 82.2 Å². The van der Waals surface area contributed by atoms with E-state index in [1.165, 1.54) is 37.1 Å². The Hall–Kier alpha value is -0.660. The molecular weight excluding hydrogens is 160 g/mol. The molecule has 76 valence electrons. The molecule has 0 aromatic heterocycles. The maximum absolute atomic E-state index is 4.15. The minimum atomic E-state index is 0. The first kappa shape index (κ1) is 12.3. The third-order valence-electron chi connectivity index (χ3n) is 2.16. The van der Waals surface area contributed by atoms with Crippen molar-refractivity contribution in [2.45, 2.75) is 47.0 Å². The predicted molar refractivity (Wildman–Crippen MR) is 61.2 cm³/mol. The molecule has 0 radical (unpaired) electrons. The van der Waals surface area contributed by atoms with E-state index in [-0.39, 0.29) is 7.43 Å². The van der Waals surface area contributed by atoms with Gasteiger partial charge in [0.2, 0.25) is 0 Å². The van der Waals surface area contributed by atoms with Crippen LogP contribution in [0.3, 0.4) is 0 Å². The molecule has 2 nitrogen and oxygen atoms in total. The summed E-state index contributed by atoms with van der Waals surface area (Å²) in [5, 5.41) is 0. The van der Waals surface area contributed by atoms with Gasteiger partial charge in [-0.05, 0) is 39.5 Å². The Morgan fingerprint density at radius 1 is 0.846 bits per heavy atom. The smallest absolute Gasteiger partial charge is 0.0392 e. The predicted octanol–water partition coefficient (Wildman–Crippen LogP) is 3.12. The molecule has 0 unspecified atom stereocenters. The second kappa shape index (κ2) is 6.81. The van der Waals surface area contributed by atoms with Gasteiger partial charge in [0.1, 0.15) is 0 Å². The zero-order valence-electron chi connectivity index (χ0n) is 8.14. The van der Waals surface area contributed by atoms with Crippen LogP contribution in [0.5, 0.6) is 0 Å². The van der Waals surface area contributed by atoms with E-state index in [0.29, 0.717) is 0 Å². The van der Waals surface area contributed by atoms with E-state index in [9.17, 15) is 0 Å². The van der Waals surface area contributed by atoms with E-state index < -0.39 is 0 Å². The molecule has 0 aliphatic carbocycles. The fraction of sp³-hybridized carbons (Fsp3) is 0.818. The Morgan fingerprint density at radius 2 is 1.23 bits per heavy atom. The average Bonchev–Trinajstić information content (AvgIpc) is 2.63. The highest BCUT2D eigenvalue weighted by Crippen LogP contribution is 2.01. The van der Waals surface area contributed by atoms with Crippen LogP contribution >= 0.6 is 0 Å². The van der Waals surface area contributed by atoms with Crippen molar-refractivity contribution in [3.05, 3.63) is 0 Å². The summed E-state index contributed by atoms with van der Waals surface area (Å²) in [6, 6.07) is 0. The molecule has 2 heterocycles. The summed E-state index contributed by atoms with van der Waals surface area (Å²) in [7, 11) is 0. The second-order valence-electron chi connectivity index (χ2n) is 3.44. The van der Waals surface area contributed by atoms with Gasteiger partial charge in [0.15, 0.2) is 0 Å². The lowest BCUT2D eigenvalue weighted by molar-refractivity contribution is 0.951. The van der Waals surface area contributed by atoms with E-state index >= 15 is 0 Å². The van der Waals surface area contributed by atoms with E-state index in [0.717, 1.165) is 13.1 Å². The van der Waals surface area contributed by atoms with Crippen molar-refractivity contribution >= 4 is 11.4 Å². The largest absolute Gasteiger partial charge is 0.294 e. The normalized spacial score (nSPS) is 19.5. The Morgan fingerprint density at radius 3 is 1.31 bits per heavy atom. The van der Waals surface area contributed by atoms with Crippen LogP contribution in [-0.4, -0.2) is 24.5 Å². The summed E-state index contributed by atoms with van der Waals surface area (Å²) in [4.78, 5) is 8.31. The third kappa shape index (κ3) is 5.56. The molecule has 0 fully saturated rings. The summed E-state index contributed by atoms with van der Waals surface area (Å²) in [5.74, 6) is 0. The van der Waals surface area contributed by atoms with Crippen LogP contribution in [0.4, 0.5) is 0 Å². The highest BCUT2D eigenvalue weighted by Gasteiger charge is 1.97. The summed E-state index contributed by atoms with van der Waals surface area (Å²) in [6.07, 6.45) is 5.04. The van der Waals surface area contributed by atoms with Crippen molar-refractivity contribution < 1.29 is 0 Å². The SMILES string of the molecule is C.CC1=NCCC1.CC1=NCCC1. The van der Waals surface area contributed by atoms with E-state index in [2.05, 4.69) is 23.8 Å². The minimum Gasteiger partial charge on any atom is -0.294 e. The zero-order valence-corrected chi connectivity index (χ0v) is 8.14. The van der Waals surface area contributed by atoms with Gasteiger partial charge in [0, 0.05) is 24.5 Å². The van der Waals surface area contributed by atoms with Crippen molar-refractivity contribution in [3.8, 4) is 0 Å². The lowest BCUT2D eigenvalue weighted by atomic mass is 10.3. The number of hydrogen-bond acceptors (Lipinski definition) is 2. The molecule has 0 bridgehead atoms. The molecule has 2 aliphatic rings. The molecule has 2 rings (SSSR count). The number of hydrogen-bond donors (Lipinski definition) is 0. The van der Waals surface area contributed by atoms with Gasteiger partial charge in [-0.2, -0.15) is 0 Å². The highest BCUT2D eigenvalue weighted by atomic mass is 14.8. The van der Waals surface area contributed by atoms with Gasteiger partial charge in [-0.15, -0.1) is 0 Å². The first-order valence-corrected chi connectivity index (χ1v) is 4.79. The van der Waals surface area contributed by atoms with Crippen LogP contribution in [0.2, 0.25) is 0 Å². The molecule has 0 saturated carbocycles. The number of nitrogens with zero attached hydrogens (tertiary/aromatic N) is 2. The summed E-state index contributed by atoms with van der Waals surface area (Å²) in [6.45, 7) is 6.33. The Balaban J connectivity index is 0.000000206. The number of rotatable bonds is 0. The lowest BCUT2D eigenvalue weighted by Gasteiger charge is -1.76. The topological polar surface area (TPSA) is 24.7 Å². The fourth-order valence-electron chi connectivity index (χ4n) is 1.37. The van der Waals surface area contributed by atoms with Crippen LogP contribution in [0.25, 0.3) is 0 Å². The summed E-state index contributed by atoms with van der Waals surface area (Å²) in [5.41, 5.74) is 2.66. The Kier molecular flexibility index (Phi) is 6.47. The molecule has 13 heavy (non-hydrogen) atoms. The van der Waals surface area contributed by atoms with Crippen molar-refractivity contribution in [2.75, 3.05) is 13.1 Å². The monoisotopic (exact) mass is 182 g/mol. The molecule has 2 heteroatoms. The molecule has 2 aliphatic heterocycles. The van der Waals surface area contributed by atoms with Crippen LogP contribution in [0, 0.1) is 0 Å². The molecule has 0 atom stereocenters. The van der Waals surface area contributed by atoms with Crippen LogP contribution < -0.4 is 0 Å². The first-order valence-electron chi connectivity index (χ1n) is 4.79. The third-order valence-corrected chi connectivity index (χ3v) is 2.16. The van der Waals surface area contributed by atoms with Crippen molar-refractivity contribution in [2.24, 2.45) is 9.98 Å².